The van der Waals surface area contributed by atoms with Gasteiger partial charge in [-0.15, -0.1) is 0 Å². The number of benzene rings is 4. The zero-order valence-corrected chi connectivity index (χ0v) is 21.1. The molecule has 3 heteroatoms. The van der Waals surface area contributed by atoms with Crippen molar-refractivity contribution < 1.29 is 16.5 Å². The largest absolute Gasteiger partial charge is 2.00 e. The third kappa shape index (κ3) is 4.43. The molecule has 0 N–H and O–H groups in total. The maximum absolute atomic E-state index is 5.22. The van der Waals surface area contributed by atoms with Crippen LogP contribution in [0.3, 0.4) is 0 Å². The average molecular weight is 477 g/mol. The zero-order valence-electron chi connectivity index (χ0n) is 20.1. The molecule has 0 radical (unpaired) electrons. The zero-order chi connectivity index (χ0) is 20.8. The molecule has 0 aliphatic heterocycles. The van der Waals surface area contributed by atoms with Crippen LogP contribution < -0.4 is 0 Å². The van der Waals surface area contributed by atoms with E-state index >= 15 is 0 Å². The third-order valence-corrected chi connectivity index (χ3v) is 5.97. The molecule has 0 bridgehead atoms. The standard InChI is InChI=1S/C28H24N2.2CH3.Ni/c1-17-9-5-10-18(2)25(17)29-27-22-15-7-13-21-14-8-16-23(24(21)22)28(27)30-26-19(3)11-6-12-20(26)4;;;/h5-16H,1-4H3;2*1H3;/q;2*-1;+2. The minimum absolute atomic E-state index is 0. The maximum Gasteiger partial charge on any atom is 2.00 e. The molecule has 0 atom stereocenters. The van der Waals surface area contributed by atoms with E-state index in [9.17, 15) is 0 Å². The topological polar surface area (TPSA) is 24.7 Å². The number of hydrogen-bond acceptors (Lipinski definition) is 2. The molecule has 0 heterocycles. The third-order valence-electron chi connectivity index (χ3n) is 5.97. The van der Waals surface area contributed by atoms with E-state index in [4.69, 9.17) is 9.98 Å². The molecule has 33 heavy (non-hydrogen) atoms. The molecule has 1 aliphatic rings. The Morgan fingerprint density at radius 3 is 1.18 bits per heavy atom. The van der Waals surface area contributed by atoms with Crippen LogP contribution in [0.2, 0.25) is 0 Å². The predicted octanol–water partition coefficient (Wildman–Crippen LogP) is 8.23. The molecule has 0 fully saturated rings. The van der Waals surface area contributed by atoms with Crippen LogP contribution in [0.5, 0.6) is 0 Å². The summed E-state index contributed by atoms with van der Waals surface area (Å²) in [5.41, 5.74) is 11.0. The number of aliphatic imine (C=N–C) groups is 2. The smallest absolute Gasteiger partial charge is 0.358 e. The van der Waals surface area contributed by atoms with Gasteiger partial charge >= 0.3 is 16.5 Å². The molecule has 0 saturated carbocycles. The van der Waals surface area contributed by atoms with Crippen LogP contribution in [0.4, 0.5) is 11.4 Å². The average Bonchev–Trinajstić information content (AvgIpc) is 3.02. The minimum atomic E-state index is 0. The van der Waals surface area contributed by atoms with Crippen LogP contribution in [0.1, 0.15) is 33.4 Å². The van der Waals surface area contributed by atoms with Crippen molar-refractivity contribution in [2.75, 3.05) is 0 Å². The Morgan fingerprint density at radius 2 is 0.818 bits per heavy atom. The first-order valence-corrected chi connectivity index (χ1v) is 10.4. The van der Waals surface area contributed by atoms with Gasteiger partial charge in [0, 0.05) is 16.5 Å². The fourth-order valence-corrected chi connectivity index (χ4v) is 4.40. The number of nitrogens with zero attached hydrogens (tertiary/aromatic N) is 2. The van der Waals surface area contributed by atoms with Crippen molar-refractivity contribution in [2.45, 2.75) is 27.7 Å². The Kier molecular flexibility index (Phi) is 8.17. The second-order valence-electron chi connectivity index (χ2n) is 8.11. The van der Waals surface area contributed by atoms with Gasteiger partial charge in [-0.3, -0.25) is 0 Å². The second-order valence-corrected chi connectivity index (χ2v) is 8.11. The van der Waals surface area contributed by atoms with Crippen molar-refractivity contribution in [1.82, 2.24) is 0 Å². The summed E-state index contributed by atoms with van der Waals surface area (Å²) in [6.45, 7) is 8.49. The Morgan fingerprint density at radius 1 is 0.485 bits per heavy atom. The number of rotatable bonds is 2. The molecular formula is C30H30N2Ni. The van der Waals surface area contributed by atoms with Crippen molar-refractivity contribution in [3.8, 4) is 0 Å². The Balaban J connectivity index is 0.00000128. The summed E-state index contributed by atoms with van der Waals surface area (Å²) in [5, 5.41) is 2.47. The molecule has 1 aliphatic carbocycles. The Hall–Kier alpha value is -3.03. The van der Waals surface area contributed by atoms with E-state index in [0.717, 1.165) is 33.9 Å². The quantitative estimate of drug-likeness (QED) is 0.205. The van der Waals surface area contributed by atoms with Gasteiger partial charge in [-0.2, -0.15) is 0 Å². The molecule has 4 aromatic rings. The van der Waals surface area contributed by atoms with Crippen molar-refractivity contribution in [3.63, 3.8) is 0 Å². The Labute approximate surface area is 208 Å². The summed E-state index contributed by atoms with van der Waals surface area (Å²) in [7, 11) is 0. The summed E-state index contributed by atoms with van der Waals surface area (Å²) in [4.78, 5) is 10.4. The summed E-state index contributed by atoms with van der Waals surface area (Å²) in [6, 6.07) is 25.6. The van der Waals surface area contributed by atoms with Gasteiger partial charge in [-0.05, 0) is 55.3 Å². The summed E-state index contributed by atoms with van der Waals surface area (Å²) in [6.07, 6.45) is 0. The predicted molar refractivity (Wildman–Crippen MR) is 141 cm³/mol. The van der Waals surface area contributed by atoms with Gasteiger partial charge in [0.2, 0.25) is 0 Å². The van der Waals surface area contributed by atoms with E-state index < -0.39 is 0 Å². The van der Waals surface area contributed by atoms with Crippen LogP contribution in [0.15, 0.2) is 82.8 Å². The van der Waals surface area contributed by atoms with Gasteiger partial charge in [-0.1, -0.05) is 72.8 Å². The van der Waals surface area contributed by atoms with Crippen LogP contribution in [0.25, 0.3) is 10.8 Å². The first kappa shape index (κ1) is 26.2. The van der Waals surface area contributed by atoms with Gasteiger partial charge < -0.3 is 14.9 Å². The van der Waals surface area contributed by atoms with E-state index in [2.05, 4.69) is 100 Å². The molecule has 2 nitrogen and oxygen atoms in total. The van der Waals surface area contributed by atoms with Crippen LogP contribution in [0, 0.1) is 42.5 Å². The van der Waals surface area contributed by atoms with Crippen LogP contribution in [-0.2, 0) is 16.5 Å². The van der Waals surface area contributed by atoms with Crippen molar-refractivity contribution >= 4 is 33.6 Å². The fraction of sp³-hybridized carbons (Fsp3) is 0.133. The van der Waals surface area contributed by atoms with Crippen molar-refractivity contribution in [2.24, 2.45) is 9.98 Å². The van der Waals surface area contributed by atoms with Gasteiger partial charge in [0.25, 0.3) is 0 Å². The van der Waals surface area contributed by atoms with Crippen LogP contribution in [-0.4, -0.2) is 11.4 Å². The summed E-state index contributed by atoms with van der Waals surface area (Å²) >= 11 is 0. The first-order valence-electron chi connectivity index (χ1n) is 10.4. The minimum Gasteiger partial charge on any atom is -0.358 e. The molecular weight excluding hydrogens is 447 g/mol. The van der Waals surface area contributed by atoms with E-state index in [1.807, 2.05) is 0 Å². The summed E-state index contributed by atoms with van der Waals surface area (Å²) in [5.74, 6) is 0. The summed E-state index contributed by atoms with van der Waals surface area (Å²) < 4.78 is 0. The normalized spacial score (nSPS) is 14.1. The van der Waals surface area contributed by atoms with Crippen molar-refractivity contribution in [1.29, 1.82) is 0 Å². The molecule has 0 unspecified atom stereocenters. The number of para-hydroxylation sites is 2. The molecule has 0 spiro atoms. The second kappa shape index (κ2) is 10.3. The van der Waals surface area contributed by atoms with Gasteiger partial charge in [0.1, 0.15) is 0 Å². The van der Waals surface area contributed by atoms with E-state index in [1.54, 1.807) is 0 Å². The first-order chi connectivity index (χ1) is 14.5. The molecule has 170 valence electrons. The molecule has 0 aromatic heterocycles. The Bertz CT molecular complexity index is 1240. The van der Waals surface area contributed by atoms with Gasteiger partial charge in [0.05, 0.1) is 22.8 Å². The molecule has 0 saturated heterocycles. The number of hydrogen-bond donors (Lipinski definition) is 0. The maximum atomic E-state index is 5.22. The monoisotopic (exact) mass is 476 g/mol. The molecule has 5 rings (SSSR count). The van der Waals surface area contributed by atoms with Crippen LogP contribution >= 0.6 is 0 Å². The van der Waals surface area contributed by atoms with Gasteiger partial charge in [-0.25, -0.2) is 9.98 Å². The van der Waals surface area contributed by atoms with E-state index in [1.165, 1.54) is 33.0 Å². The van der Waals surface area contributed by atoms with Crippen molar-refractivity contribution in [3.05, 3.63) is 121 Å². The molecule has 4 aromatic carbocycles. The molecule has 0 amide bonds. The van der Waals surface area contributed by atoms with E-state index in [0.29, 0.717) is 0 Å². The number of aryl methyl sites for hydroxylation is 4. The SMILES string of the molecule is Cc1cccc(C)c1N=C1C(=Nc2c(C)cccc2C)c2cccc3cccc1c23.[CH3-].[CH3-].[Ni+2]. The van der Waals surface area contributed by atoms with E-state index in [-0.39, 0.29) is 31.3 Å². The van der Waals surface area contributed by atoms with Gasteiger partial charge in [0.15, 0.2) is 0 Å². The fourth-order valence-electron chi connectivity index (χ4n) is 4.40.